The molecule has 8 nitrogen and oxygen atoms in total. The van der Waals surface area contributed by atoms with Gasteiger partial charge in [-0.3, -0.25) is 24.1 Å². The molecule has 5 aromatic rings. The monoisotopic (exact) mass is 745 g/mol. The van der Waals surface area contributed by atoms with E-state index in [0.717, 1.165) is 33.8 Å². The SMILES string of the molecule is O=C1[C@H]2[C@H](CC=C3[C@H]2C[C@@]2(Cl)C(=O)N(c4ccc(F)cc4)C(=O)[C@@]2(Cl)[C@H]3c2c(O)ccc3ccccc23)C(=O)N1c1ccc(Nc2ccccc2)cc1. The van der Waals surface area contributed by atoms with Crippen molar-refractivity contribution in [2.75, 3.05) is 15.1 Å². The van der Waals surface area contributed by atoms with Crippen LogP contribution in [0.3, 0.4) is 0 Å². The molecule has 53 heavy (non-hydrogen) atoms. The molecule has 264 valence electrons. The number of halogens is 3. The van der Waals surface area contributed by atoms with E-state index in [-0.39, 0.29) is 35.7 Å². The third-order valence-corrected chi connectivity index (χ3v) is 12.7. The van der Waals surface area contributed by atoms with Gasteiger partial charge in [-0.2, -0.15) is 0 Å². The number of hydrogen-bond donors (Lipinski definition) is 2. The van der Waals surface area contributed by atoms with Gasteiger partial charge >= 0.3 is 0 Å². The molecular formula is C42H30Cl2FN3O5. The molecule has 0 bridgehead atoms. The number of fused-ring (bicyclic) bond motifs is 5. The molecule has 2 aliphatic carbocycles. The summed E-state index contributed by atoms with van der Waals surface area (Å²) >= 11 is 15.1. The Morgan fingerprint density at radius 2 is 1.34 bits per heavy atom. The quantitative estimate of drug-likeness (QED) is 0.107. The van der Waals surface area contributed by atoms with Crippen LogP contribution in [-0.4, -0.2) is 38.5 Å². The fourth-order valence-corrected chi connectivity index (χ4v) is 9.86. The number of anilines is 4. The fourth-order valence-electron chi connectivity index (χ4n) is 8.94. The lowest BCUT2D eigenvalue weighted by atomic mass is 9.56. The van der Waals surface area contributed by atoms with Crippen LogP contribution >= 0.6 is 23.2 Å². The summed E-state index contributed by atoms with van der Waals surface area (Å²) in [6.45, 7) is 0. The van der Waals surface area contributed by atoms with Gasteiger partial charge in [0.25, 0.3) is 11.8 Å². The average molecular weight is 747 g/mol. The van der Waals surface area contributed by atoms with E-state index in [0.29, 0.717) is 16.6 Å². The number of hydrogen-bond acceptors (Lipinski definition) is 6. The van der Waals surface area contributed by atoms with Crippen LogP contribution in [0, 0.1) is 23.6 Å². The van der Waals surface area contributed by atoms with Gasteiger partial charge in [-0.15, -0.1) is 23.2 Å². The van der Waals surface area contributed by atoms with Gasteiger partial charge in [0.1, 0.15) is 11.6 Å². The Labute approximate surface area is 313 Å². The molecular weight excluding hydrogens is 716 g/mol. The minimum absolute atomic E-state index is 0.0788. The highest BCUT2D eigenvalue weighted by molar-refractivity contribution is 6.58. The van der Waals surface area contributed by atoms with E-state index >= 15 is 0 Å². The first-order valence-electron chi connectivity index (χ1n) is 17.3. The lowest BCUT2D eigenvalue weighted by Gasteiger charge is -2.51. The maximum absolute atomic E-state index is 14.7. The van der Waals surface area contributed by atoms with Gasteiger partial charge in [-0.05, 0) is 96.3 Å². The van der Waals surface area contributed by atoms with Crippen LogP contribution < -0.4 is 15.1 Å². The van der Waals surface area contributed by atoms with Gasteiger partial charge in [0.15, 0.2) is 9.75 Å². The highest BCUT2D eigenvalue weighted by Crippen LogP contribution is 2.67. The first-order chi connectivity index (χ1) is 25.5. The van der Waals surface area contributed by atoms with Crippen molar-refractivity contribution in [3.05, 3.63) is 138 Å². The number of nitrogens with zero attached hydrogens (tertiary/aromatic N) is 2. The molecule has 5 aromatic carbocycles. The first kappa shape index (κ1) is 33.3. The zero-order valence-corrected chi connectivity index (χ0v) is 29.4. The third kappa shape index (κ3) is 4.73. The second-order valence-corrected chi connectivity index (χ2v) is 15.3. The first-order valence-corrected chi connectivity index (χ1v) is 18.0. The summed E-state index contributed by atoms with van der Waals surface area (Å²) in [6, 6.07) is 31.9. The predicted octanol–water partition coefficient (Wildman–Crippen LogP) is 8.20. The molecule has 2 aliphatic heterocycles. The van der Waals surface area contributed by atoms with E-state index < -0.39 is 57.0 Å². The standard InChI is InChI=1S/C42H30Cl2FN3O5/c43-41-22-32-30(19-20-31-34(32)38(51)47(37(31)50)27-17-13-26(14-18-27)46-25-7-2-1-3-8-25)36(35-29-9-5-4-6-23(29)10-21-33(35)49)42(41,44)40(53)48(39(41)52)28-15-11-24(45)12-16-28/h1-19,21,31-32,34,36,46,49H,20,22H2/t31-,32+,34-,36+,41+,42-/m0/s1. The van der Waals surface area contributed by atoms with Crippen LogP contribution in [0.1, 0.15) is 24.3 Å². The normalized spacial score (nSPS) is 27.8. The number of para-hydroxylation sites is 1. The van der Waals surface area contributed by atoms with Crippen molar-refractivity contribution in [1.29, 1.82) is 0 Å². The topological polar surface area (TPSA) is 107 Å². The minimum atomic E-state index is -2.18. The maximum atomic E-state index is 14.7. The van der Waals surface area contributed by atoms with Crippen molar-refractivity contribution >= 4 is 80.4 Å². The molecule has 2 heterocycles. The second kappa shape index (κ2) is 12.0. The Bertz CT molecular complexity index is 2410. The number of allylic oxidation sites excluding steroid dienone is 2. The number of phenols is 1. The Hall–Kier alpha value is -5.51. The summed E-state index contributed by atoms with van der Waals surface area (Å²) < 4.78 is 14.0. The number of nitrogens with one attached hydrogen (secondary N) is 1. The smallest absolute Gasteiger partial charge is 0.258 e. The van der Waals surface area contributed by atoms with Gasteiger partial charge < -0.3 is 10.4 Å². The summed E-state index contributed by atoms with van der Waals surface area (Å²) in [5.74, 6) is -6.89. The molecule has 0 unspecified atom stereocenters. The zero-order chi connectivity index (χ0) is 36.8. The van der Waals surface area contributed by atoms with Crippen molar-refractivity contribution in [2.45, 2.75) is 28.5 Å². The number of amides is 4. The number of carbonyl (C=O) groups is 4. The number of carbonyl (C=O) groups excluding carboxylic acids is 4. The summed E-state index contributed by atoms with van der Waals surface area (Å²) in [7, 11) is 0. The lowest BCUT2D eigenvalue weighted by Crippen LogP contribution is -2.60. The summed E-state index contributed by atoms with van der Waals surface area (Å²) in [5, 5.41) is 16.2. The largest absolute Gasteiger partial charge is 0.508 e. The van der Waals surface area contributed by atoms with Crippen molar-refractivity contribution < 1.29 is 28.7 Å². The molecule has 11 heteroatoms. The highest BCUT2D eigenvalue weighted by atomic mass is 35.5. The summed E-state index contributed by atoms with van der Waals surface area (Å²) in [5.41, 5.74) is 2.96. The zero-order valence-electron chi connectivity index (χ0n) is 27.9. The van der Waals surface area contributed by atoms with E-state index in [9.17, 15) is 28.7 Å². The van der Waals surface area contributed by atoms with Gasteiger partial charge in [0.2, 0.25) is 11.8 Å². The lowest BCUT2D eigenvalue weighted by molar-refractivity contribution is -0.125. The van der Waals surface area contributed by atoms with Crippen molar-refractivity contribution in [1.82, 2.24) is 0 Å². The van der Waals surface area contributed by atoms with Gasteiger partial charge in [-0.1, -0.05) is 60.2 Å². The molecule has 0 radical (unpaired) electrons. The van der Waals surface area contributed by atoms with Crippen LogP contribution in [0.4, 0.5) is 27.1 Å². The average Bonchev–Trinajstić information content (AvgIpc) is 3.50. The minimum Gasteiger partial charge on any atom is -0.508 e. The van der Waals surface area contributed by atoms with Gasteiger partial charge in [0, 0.05) is 22.9 Å². The highest BCUT2D eigenvalue weighted by Gasteiger charge is 2.77. The van der Waals surface area contributed by atoms with E-state index in [1.165, 1.54) is 23.1 Å². The number of rotatable bonds is 5. The molecule has 9 rings (SSSR count). The Kier molecular flexibility index (Phi) is 7.56. The molecule has 6 atom stereocenters. The van der Waals surface area contributed by atoms with E-state index in [1.807, 2.05) is 48.5 Å². The van der Waals surface area contributed by atoms with Crippen LogP contribution in [0.5, 0.6) is 5.75 Å². The molecule has 3 fully saturated rings. The number of benzene rings is 5. The van der Waals surface area contributed by atoms with E-state index in [4.69, 9.17) is 23.2 Å². The second-order valence-electron chi connectivity index (χ2n) is 14.0. The fraction of sp³-hybridized carbons (Fsp3) is 0.190. The Morgan fingerprint density at radius 3 is 2.08 bits per heavy atom. The van der Waals surface area contributed by atoms with E-state index in [2.05, 4.69) is 5.32 Å². The third-order valence-electron chi connectivity index (χ3n) is 11.3. The number of imide groups is 2. The Balaban J connectivity index is 1.16. The number of aromatic hydroxyl groups is 1. The molecule has 2 saturated heterocycles. The van der Waals surface area contributed by atoms with Crippen molar-refractivity contribution in [2.24, 2.45) is 17.8 Å². The van der Waals surface area contributed by atoms with Crippen molar-refractivity contribution in [3.8, 4) is 5.75 Å². The van der Waals surface area contributed by atoms with Crippen LogP contribution in [0.15, 0.2) is 127 Å². The Morgan fingerprint density at radius 1 is 0.698 bits per heavy atom. The van der Waals surface area contributed by atoms with Crippen molar-refractivity contribution in [3.63, 3.8) is 0 Å². The van der Waals surface area contributed by atoms with E-state index in [1.54, 1.807) is 42.5 Å². The van der Waals surface area contributed by atoms with Gasteiger partial charge in [-0.25, -0.2) is 9.29 Å². The van der Waals surface area contributed by atoms with Crippen LogP contribution in [0.25, 0.3) is 10.8 Å². The molecule has 2 N–H and O–H groups in total. The summed E-state index contributed by atoms with van der Waals surface area (Å²) in [6.07, 6.45) is 1.76. The maximum Gasteiger partial charge on any atom is 0.258 e. The summed E-state index contributed by atoms with van der Waals surface area (Å²) in [4.78, 5) is 55.8. The van der Waals surface area contributed by atoms with Gasteiger partial charge in [0.05, 0.1) is 23.2 Å². The molecule has 0 spiro atoms. The van der Waals surface area contributed by atoms with Crippen LogP contribution in [0.2, 0.25) is 0 Å². The molecule has 1 saturated carbocycles. The molecule has 4 aliphatic rings. The predicted molar refractivity (Wildman–Crippen MR) is 201 cm³/mol. The molecule has 4 amide bonds. The number of phenolic OH excluding ortho intramolecular Hbond substituents is 1. The number of alkyl halides is 2. The molecule has 0 aromatic heterocycles. The van der Waals surface area contributed by atoms with Crippen LogP contribution in [-0.2, 0) is 19.2 Å².